The van der Waals surface area contributed by atoms with Crippen molar-refractivity contribution < 1.29 is 17.6 Å². The van der Waals surface area contributed by atoms with Gasteiger partial charge >= 0.3 is 0 Å². The maximum atomic E-state index is 13.8. The Labute approximate surface area is 153 Å². The molecule has 1 saturated carbocycles. The van der Waals surface area contributed by atoms with Crippen molar-refractivity contribution in [2.75, 3.05) is 19.3 Å². The first kappa shape index (κ1) is 20.1. The van der Waals surface area contributed by atoms with Gasteiger partial charge in [0.1, 0.15) is 5.82 Å². The highest BCUT2D eigenvalue weighted by Crippen LogP contribution is 2.23. The number of carbonyl (C=O) groups excluding carboxylic acids is 1. The minimum Gasteiger partial charge on any atom is -0.351 e. The van der Waals surface area contributed by atoms with E-state index < -0.39 is 21.7 Å². The van der Waals surface area contributed by atoms with Gasteiger partial charge in [0.25, 0.3) is 5.91 Å². The fourth-order valence-electron chi connectivity index (χ4n) is 3.25. The third kappa shape index (κ3) is 5.66. The van der Waals surface area contributed by atoms with Gasteiger partial charge in [-0.2, -0.15) is 4.31 Å². The van der Waals surface area contributed by atoms with E-state index in [1.807, 2.05) is 0 Å². The van der Waals surface area contributed by atoms with Crippen molar-refractivity contribution in [3.05, 3.63) is 34.6 Å². The summed E-state index contributed by atoms with van der Waals surface area (Å²) in [4.78, 5) is 12.1. The highest BCUT2D eigenvalue weighted by Gasteiger charge is 2.27. The second-order valence-electron chi connectivity index (χ2n) is 6.37. The Kier molecular flexibility index (Phi) is 7.22. The lowest BCUT2D eigenvalue weighted by molar-refractivity contribution is 0.0946. The van der Waals surface area contributed by atoms with Gasteiger partial charge in [0.05, 0.1) is 16.8 Å². The lowest BCUT2D eigenvalue weighted by Crippen LogP contribution is -2.44. The first-order valence-corrected chi connectivity index (χ1v) is 10.7. The Morgan fingerprint density at radius 1 is 1.28 bits per heavy atom. The van der Waals surface area contributed by atoms with E-state index >= 15 is 0 Å². The molecule has 0 atom stereocenters. The first-order chi connectivity index (χ1) is 11.8. The average molecular weight is 391 g/mol. The lowest BCUT2D eigenvalue weighted by Gasteiger charge is -2.29. The van der Waals surface area contributed by atoms with E-state index in [4.69, 9.17) is 11.6 Å². The number of halogens is 2. The molecule has 2 rings (SSSR count). The van der Waals surface area contributed by atoms with Crippen molar-refractivity contribution >= 4 is 27.5 Å². The van der Waals surface area contributed by atoms with Crippen LogP contribution in [0.5, 0.6) is 0 Å². The van der Waals surface area contributed by atoms with Crippen LogP contribution in [0.1, 0.15) is 48.9 Å². The van der Waals surface area contributed by atoms with Crippen LogP contribution in [0.2, 0.25) is 5.02 Å². The molecule has 0 saturated heterocycles. The smallest absolute Gasteiger partial charge is 0.255 e. The van der Waals surface area contributed by atoms with Crippen molar-refractivity contribution in [1.29, 1.82) is 0 Å². The van der Waals surface area contributed by atoms with Gasteiger partial charge in [0, 0.05) is 19.1 Å². The van der Waals surface area contributed by atoms with E-state index in [1.165, 1.54) is 22.7 Å². The summed E-state index contributed by atoms with van der Waals surface area (Å²) < 4.78 is 39.5. The fourth-order valence-corrected chi connectivity index (χ4v) is 4.67. The summed E-state index contributed by atoms with van der Waals surface area (Å²) in [5.74, 6) is -1.34. The highest BCUT2D eigenvalue weighted by molar-refractivity contribution is 7.88. The van der Waals surface area contributed by atoms with Gasteiger partial charge in [-0.05, 0) is 25.0 Å². The van der Waals surface area contributed by atoms with Gasteiger partial charge < -0.3 is 5.32 Å². The van der Waals surface area contributed by atoms with Crippen LogP contribution >= 0.6 is 11.6 Å². The zero-order valence-corrected chi connectivity index (χ0v) is 15.9. The molecule has 0 spiro atoms. The average Bonchev–Trinajstić information content (AvgIpc) is 2.79. The molecule has 1 aromatic rings. The number of benzene rings is 1. The number of nitrogens with one attached hydrogen (secondary N) is 1. The normalized spacial score (nSPS) is 16.6. The number of carbonyl (C=O) groups is 1. The van der Waals surface area contributed by atoms with Gasteiger partial charge in [-0.1, -0.05) is 43.4 Å². The maximum absolute atomic E-state index is 13.8. The summed E-state index contributed by atoms with van der Waals surface area (Å²) >= 11 is 5.87. The largest absolute Gasteiger partial charge is 0.351 e. The van der Waals surface area contributed by atoms with E-state index in [0.29, 0.717) is 0 Å². The van der Waals surface area contributed by atoms with Crippen LogP contribution in [0.25, 0.3) is 0 Å². The quantitative estimate of drug-likeness (QED) is 0.758. The van der Waals surface area contributed by atoms with E-state index in [-0.39, 0.29) is 29.7 Å². The molecule has 0 bridgehead atoms. The minimum absolute atomic E-state index is 0.0289. The van der Waals surface area contributed by atoms with Gasteiger partial charge in [-0.3, -0.25) is 4.79 Å². The van der Waals surface area contributed by atoms with Crippen LogP contribution < -0.4 is 5.32 Å². The summed E-state index contributed by atoms with van der Waals surface area (Å²) in [6.07, 6.45) is 7.11. The standard InChI is InChI=1S/C17H24ClFN2O3S/c1-25(23,24)21(13-7-4-2-3-5-8-13)12-11-20-17(22)16-14(18)9-6-10-15(16)19/h6,9-10,13H,2-5,7-8,11-12H2,1H3,(H,20,22). The molecule has 25 heavy (non-hydrogen) atoms. The second kappa shape index (κ2) is 8.96. The molecular formula is C17H24ClFN2O3S. The molecule has 0 aliphatic heterocycles. The molecule has 0 aromatic heterocycles. The monoisotopic (exact) mass is 390 g/mol. The lowest BCUT2D eigenvalue weighted by atomic mass is 10.1. The molecule has 1 aromatic carbocycles. The van der Waals surface area contributed by atoms with E-state index in [1.54, 1.807) is 0 Å². The number of hydrogen-bond donors (Lipinski definition) is 1. The summed E-state index contributed by atoms with van der Waals surface area (Å²) in [6.45, 7) is 0.272. The fraction of sp³-hybridized carbons (Fsp3) is 0.588. The molecule has 0 heterocycles. The summed E-state index contributed by atoms with van der Waals surface area (Å²) in [5, 5.41) is 2.60. The van der Waals surface area contributed by atoms with Gasteiger partial charge in [-0.15, -0.1) is 0 Å². The van der Waals surface area contributed by atoms with Crippen molar-refractivity contribution in [2.24, 2.45) is 0 Å². The number of hydrogen-bond acceptors (Lipinski definition) is 3. The van der Waals surface area contributed by atoms with Crippen LogP contribution in [-0.2, 0) is 10.0 Å². The van der Waals surface area contributed by atoms with Crippen molar-refractivity contribution in [3.8, 4) is 0 Å². The van der Waals surface area contributed by atoms with E-state index in [0.717, 1.165) is 44.6 Å². The maximum Gasteiger partial charge on any atom is 0.255 e. The highest BCUT2D eigenvalue weighted by atomic mass is 35.5. The van der Waals surface area contributed by atoms with Crippen molar-refractivity contribution in [2.45, 2.75) is 44.6 Å². The van der Waals surface area contributed by atoms with Gasteiger partial charge in [-0.25, -0.2) is 12.8 Å². The van der Waals surface area contributed by atoms with Crippen LogP contribution in [0.15, 0.2) is 18.2 Å². The van der Waals surface area contributed by atoms with Crippen LogP contribution in [0, 0.1) is 5.82 Å². The van der Waals surface area contributed by atoms with Crippen molar-refractivity contribution in [3.63, 3.8) is 0 Å². The Morgan fingerprint density at radius 3 is 2.48 bits per heavy atom. The molecule has 0 radical (unpaired) electrons. The van der Waals surface area contributed by atoms with Gasteiger partial charge in [0.2, 0.25) is 10.0 Å². The molecule has 0 unspecified atom stereocenters. The summed E-state index contributed by atoms with van der Waals surface area (Å²) in [5.41, 5.74) is -0.218. The van der Waals surface area contributed by atoms with E-state index in [9.17, 15) is 17.6 Å². The molecule has 8 heteroatoms. The second-order valence-corrected chi connectivity index (χ2v) is 8.71. The zero-order chi connectivity index (χ0) is 18.4. The molecule has 1 N–H and O–H groups in total. The van der Waals surface area contributed by atoms with Crippen LogP contribution in [-0.4, -0.2) is 44.0 Å². The van der Waals surface area contributed by atoms with Crippen LogP contribution in [0.3, 0.4) is 0 Å². The SMILES string of the molecule is CS(=O)(=O)N(CCNC(=O)c1c(F)cccc1Cl)C1CCCCCC1. The number of amides is 1. The van der Waals surface area contributed by atoms with Gasteiger partial charge in [0.15, 0.2) is 0 Å². The number of nitrogens with zero attached hydrogens (tertiary/aromatic N) is 1. The third-order valence-electron chi connectivity index (χ3n) is 4.47. The molecule has 1 amide bonds. The van der Waals surface area contributed by atoms with E-state index in [2.05, 4.69) is 5.32 Å². The molecule has 5 nitrogen and oxygen atoms in total. The Bertz CT molecular complexity index is 684. The predicted molar refractivity (Wildman–Crippen MR) is 96.8 cm³/mol. The summed E-state index contributed by atoms with van der Waals surface area (Å²) in [7, 11) is -3.38. The minimum atomic E-state index is -3.38. The first-order valence-electron chi connectivity index (χ1n) is 8.49. The predicted octanol–water partition coefficient (Wildman–Crippen LogP) is 3.19. The number of sulfonamides is 1. The topological polar surface area (TPSA) is 66.5 Å². The summed E-state index contributed by atoms with van der Waals surface area (Å²) in [6, 6.07) is 3.99. The number of rotatable bonds is 6. The molecule has 1 aliphatic rings. The Balaban J connectivity index is 2.00. The Hall–Kier alpha value is -1.18. The van der Waals surface area contributed by atoms with Crippen LogP contribution in [0.4, 0.5) is 4.39 Å². The zero-order valence-electron chi connectivity index (χ0n) is 14.3. The molecule has 1 fully saturated rings. The Morgan fingerprint density at radius 2 is 1.92 bits per heavy atom. The molecule has 1 aliphatic carbocycles. The molecule has 140 valence electrons. The van der Waals surface area contributed by atoms with Crippen molar-refractivity contribution in [1.82, 2.24) is 9.62 Å². The molecular weight excluding hydrogens is 367 g/mol. The third-order valence-corrected chi connectivity index (χ3v) is 6.11.